The highest BCUT2D eigenvalue weighted by Gasteiger charge is 2.33. The van der Waals surface area contributed by atoms with E-state index >= 15 is 0 Å². The van der Waals surface area contributed by atoms with Gasteiger partial charge in [-0.1, -0.05) is 43.2 Å². The van der Waals surface area contributed by atoms with E-state index in [1.54, 1.807) is 0 Å². The maximum Gasteiger partial charge on any atom is 0.188 e. The Hall–Kier alpha value is -1.51. The SMILES string of the molecule is CC(C)NC(N)=NCC1(Cc2ccccc2)CCCC1. The number of aliphatic imine (C=N–C) groups is 1. The Labute approximate surface area is 122 Å². The van der Waals surface area contributed by atoms with Crippen molar-refractivity contribution in [3.8, 4) is 0 Å². The lowest BCUT2D eigenvalue weighted by Crippen LogP contribution is -2.38. The van der Waals surface area contributed by atoms with Crippen LogP contribution in [-0.2, 0) is 6.42 Å². The van der Waals surface area contributed by atoms with Gasteiger partial charge in [0.25, 0.3) is 0 Å². The summed E-state index contributed by atoms with van der Waals surface area (Å²) in [5.41, 5.74) is 7.67. The molecule has 3 nitrogen and oxygen atoms in total. The van der Waals surface area contributed by atoms with Crippen LogP contribution in [0.4, 0.5) is 0 Å². The number of benzene rings is 1. The van der Waals surface area contributed by atoms with Gasteiger partial charge in [-0.2, -0.15) is 0 Å². The van der Waals surface area contributed by atoms with E-state index in [1.165, 1.54) is 31.2 Å². The predicted octanol–water partition coefficient (Wildman–Crippen LogP) is 3.10. The number of nitrogens with two attached hydrogens (primary N) is 1. The molecule has 3 heteroatoms. The quantitative estimate of drug-likeness (QED) is 0.640. The number of guanidine groups is 1. The molecule has 1 aromatic rings. The summed E-state index contributed by atoms with van der Waals surface area (Å²) in [6, 6.07) is 11.1. The zero-order chi connectivity index (χ0) is 14.4. The molecule has 0 aromatic heterocycles. The topological polar surface area (TPSA) is 50.4 Å². The molecule has 0 amide bonds. The van der Waals surface area contributed by atoms with Crippen molar-refractivity contribution in [2.45, 2.75) is 52.0 Å². The normalized spacial score (nSPS) is 18.4. The van der Waals surface area contributed by atoms with Crippen molar-refractivity contribution in [3.63, 3.8) is 0 Å². The Balaban J connectivity index is 2.02. The first kappa shape index (κ1) is 14.9. The molecule has 0 atom stereocenters. The summed E-state index contributed by atoms with van der Waals surface area (Å²) in [4.78, 5) is 4.60. The third kappa shape index (κ3) is 4.26. The molecule has 0 aliphatic heterocycles. The molecule has 1 fully saturated rings. The van der Waals surface area contributed by atoms with Gasteiger partial charge in [0.2, 0.25) is 0 Å². The maximum absolute atomic E-state index is 5.94. The second kappa shape index (κ2) is 6.78. The minimum atomic E-state index is 0.310. The Morgan fingerprint density at radius 1 is 1.25 bits per heavy atom. The fraction of sp³-hybridized carbons (Fsp3) is 0.588. The summed E-state index contributed by atoms with van der Waals surface area (Å²) >= 11 is 0. The van der Waals surface area contributed by atoms with Gasteiger partial charge in [0.15, 0.2) is 5.96 Å². The van der Waals surface area contributed by atoms with E-state index in [4.69, 9.17) is 5.73 Å². The Bertz CT molecular complexity index is 431. The monoisotopic (exact) mass is 273 g/mol. The van der Waals surface area contributed by atoms with Crippen molar-refractivity contribution in [3.05, 3.63) is 35.9 Å². The fourth-order valence-electron chi connectivity index (χ4n) is 3.14. The van der Waals surface area contributed by atoms with E-state index in [0.29, 0.717) is 17.4 Å². The number of nitrogens with one attached hydrogen (secondary N) is 1. The van der Waals surface area contributed by atoms with Gasteiger partial charge in [-0.15, -0.1) is 0 Å². The average Bonchev–Trinajstić information content (AvgIpc) is 2.86. The van der Waals surface area contributed by atoms with Gasteiger partial charge >= 0.3 is 0 Å². The van der Waals surface area contributed by atoms with Gasteiger partial charge in [0, 0.05) is 12.6 Å². The first-order valence-corrected chi connectivity index (χ1v) is 7.70. The number of rotatable bonds is 5. The second-order valence-corrected chi connectivity index (χ2v) is 6.37. The van der Waals surface area contributed by atoms with Crippen LogP contribution in [0.25, 0.3) is 0 Å². The Kier molecular flexibility index (Phi) is 5.05. The molecule has 0 saturated heterocycles. The molecule has 20 heavy (non-hydrogen) atoms. The van der Waals surface area contributed by atoms with Gasteiger partial charge in [-0.05, 0) is 44.1 Å². The lowest BCUT2D eigenvalue weighted by molar-refractivity contribution is 0.307. The van der Waals surface area contributed by atoms with Crippen LogP contribution in [0, 0.1) is 5.41 Å². The van der Waals surface area contributed by atoms with E-state index in [1.807, 2.05) is 0 Å². The molecule has 0 unspecified atom stereocenters. The summed E-state index contributed by atoms with van der Waals surface area (Å²) in [7, 11) is 0. The number of hydrogen-bond donors (Lipinski definition) is 2. The third-order valence-electron chi connectivity index (χ3n) is 4.11. The van der Waals surface area contributed by atoms with E-state index < -0.39 is 0 Å². The van der Waals surface area contributed by atoms with Crippen molar-refractivity contribution in [1.29, 1.82) is 0 Å². The molecule has 1 aliphatic rings. The maximum atomic E-state index is 5.94. The van der Waals surface area contributed by atoms with E-state index in [0.717, 1.165) is 13.0 Å². The molecule has 1 aliphatic carbocycles. The fourth-order valence-corrected chi connectivity index (χ4v) is 3.14. The summed E-state index contributed by atoms with van der Waals surface area (Å²) in [6.45, 7) is 5.00. The minimum absolute atomic E-state index is 0.310. The molecule has 0 heterocycles. The van der Waals surface area contributed by atoms with Crippen molar-refractivity contribution in [2.24, 2.45) is 16.1 Å². The van der Waals surface area contributed by atoms with Crippen LogP contribution in [0.5, 0.6) is 0 Å². The Morgan fingerprint density at radius 3 is 2.50 bits per heavy atom. The molecule has 110 valence electrons. The van der Waals surface area contributed by atoms with Crippen molar-refractivity contribution in [1.82, 2.24) is 5.32 Å². The first-order chi connectivity index (χ1) is 9.60. The number of nitrogens with zero attached hydrogens (tertiary/aromatic N) is 1. The van der Waals surface area contributed by atoms with Crippen molar-refractivity contribution in [2.75, 3.05) is 6.54 Å². The van der Waals surface area contributed by atoms with Crippen LogP contribution in [0.1, 0.15) is 45.1 Å². The lowest BCUT2D eigenvalue weighted by Gasteiger charge is -2.27. The molecule has 0 radical (unpaired) electrons. The molecular formula is C17H27N3. The molecule has 2 rings (SSSR count). The zero-order valence-corrected chi connectivity index (χ0v) is 12.7. The van der Waals surface area contributed by atoms with Gasteiger partial charge in [-0.25, -0.2) is 0 Å². The highest BCUT2D eigenvalue weighted by Crippen LogP contribution is 2.41. The molecule has 1 saturated carbocycles. The zero-order valence-electron chi connectivity index (χ0n) is 12.7. The van der Waals surface area contributed by atoms with Gasteiger partial charge in [0.05, 0.1) is 0 Å². The van der Waals surface area contributed by atoms with Gasteiger partial charge < -0.3 is 11.1 Å². The van der Waals surface area contributed by atoms with E-state index in [2.05, 4.69) is 54.5 Å². The van der Waals surface area contributed by atoms with Crippen molar-refractivity contribution < 1.29 is 0 Å². The Morgan fingerprint density at radius 2 is 1.90 bits per heavy atom. The lowest BCUT2D eigenvalue weighted by atomic mass is 9.80. The predicted molar refractivity (Wildman–Crippen MR) is 85.8 cm³/mol. The van der Waals surface area contributed by atoms with Crippen LogP contribution in [0.2, 0.25) is 0 Å². The summed E-state index contributed by atoms with van der Waals surface area (Å²) in [5, 5.41) is 3.18. The van der Waals surface area contributed by atoms with Crippen LogP contribution in [0.3, 0.4) is 0 Å². The van der Waals surface area contributed by atoms with E-state index in [9.17, 15) is 0 Å². The molecular weight excluding hydrogens is 246 g/mol. The molecule has 3 N–H and O–H groups in total. The number of hydrogen-bond acceptors (Lipinski definition) is 1. The van der Waals surface area contributed by atoms with Crippen LogP contribution in [0.15, 0.2) is 35.3 Å². The van der Waals surface area contributed by atoms with Crippen LogP contribution >= 0.6 is 0 Å². The molecule has 0 spiro atoms. The molecule has 1 aromatic carbocycles. The summed E-state index contributed by atoms with van der Waals surface area (Å²) < 4.78 is 0. The highest BCUT2D eigenvalue weighted by atomic mass is 15.1. The highest BCUT2D eigenvalue weighted by molar-refractivity contribution is 5.78. The summed E-state index contributed by atoms with van der Waals surface area (Å²) in [5.74, 6) is 0.583. The van der Waals surface area contributed by atoms with Gasteiger partial charge in [-0.3, -0.25) is 4.99 Å². The first-order valence-electron chi connectivity index (χ1n) is 7.70. The smallest absolute Gasteiger partial charge is 0.188 e. The van der Waals surface area contributed by atoms with E-state index in [-0.39, 0.29) is 0 Å². The largest absolute Gasteiger partial charge is 0.370 e. The molecule has 0 bridgehead atoms. The summed E-state index contributed by atoms with van der Waals surface area (Å²) in [6.07, 6.45) is 6.28. The minimum Gasteiger partial charge on any atom is -0.370 e. The standard InChI is InChI=1S/C17H27N3/c1-14(2)20-16(18)19-13-17(10-6-7-11-17)12-15-8-4-3-5-9-15/h3-5,8-9,14H,6-7,10-13H2,1-2H3,(H3,18,19,20). The van der Waals surface area contributed by atoms with Crippen LogP contribution < -0.4 is 11.1 Å². The average molecular weight is 273 g/mol. The van der Waals surface area contributed by atoms with Gasteiger partial charge in [0.1, 0.15) is 0 Å². The third-order valence-corrected chi connectivity index (χ3v) is 4.11. The second-order valence-electron chi connectivity index (χ2n) is 6.37. The van der Waals surface area contributed by atoms with Crippen molar-refractivity contribution >= 4 is 5.96 Å². The van der Waals surface area contributed by atoms with Crippen LogP contribution in [-0.4, -0.2) is 18.5 Å².